The van der Waals surface area contributed by atoms with Gasteiger partial charge < -0.3 is 5.32 Å². The van der Waals surface area contributed by atoms with Crippen molar-refractivity contribution in [3.63, 3.8) is 0 Å². The van der Waals surface area contributed by atoms with Crippen LogP contribution in [0, 0.1) is 5.92 Å². The van der Waals surface area contributed by atoms with Crippen LogP contribution in [0.5, 0.6) is 0 Å². The Kier molecular flexibility index (Phi) is 6.72. The number of imide groups is 1. The van der Waals surface area contributed by atoms with E-state index in [9.17, 15) is 14.4 Å². The molecule has 28 heavy (non-hydrogen) atoms. The van der Waals surface area contributed by atoms with E-state index in [1.54, 1.807) is 16.7 Å². The molecule has 7 nitrogen and oxygen atoms in total. The molecule has 3 rings (SSSR count). The molecule has 0 spiro atoms. The second-order valence-corrected chi connectivity index (χ2v) is 8.46. The van der Waals surface area contributed by atoms with E-state index in [-0.39, 0.29) is 23.3 Å². The second-order valence-electron chi connectivity index (χ2n) is 7.51. The Morgan fingerprint density at radius 3 is 2.68 bits per heavy atom. The van der Waals surface area contributed by atoms with E-state index < -0.39 is 11.9 Å². The van der Waals surface area contributed by atoms with Crippen molar-refractivity contribution in [2.45, 2.75) is 57.3 Å². The number of rotatable bonds is 6. The Morgan fingerprint density at radius 2 is 1.96 bits per heavy atom. The molecule has 150 valence electrons. The molecule has 3 amide bonds. The van der Waals surface area contributed by atoms with E-state index in [0.29, 0.717) is 22.6 Å². The Morgan fingerprint density at radius 1 is 1.25 bits per heavy atom. The third-order valence-electron chi connectivity index (χ3n) is 4.65. The van der Waals surface area contributed by atoms with Gasteiger partial charge in [0.1, 0.15) is 0 Å². The predicted octanol–water partition coefficient (Wildman–Crippen LogP) is 2.91. The highest BCUT2D eigenvalue weighted by atomic mass is 32.2. The van der Waals surface area contributed by atoms with Crippen LogP contribution in [0.15, 0.2) is 34.2 Å². The number of urea groups is 1. The summed E-state index contributed by atoms with van der Waals surface area (Å²) in [5, 5.41) is 6.24. The van der Waals surface area contributed by atoms with Crippen molar-refractivity contribution in [2.75, 3.05) is 5.75 Å². The van der Waals surface area contributed by atoms with Crippen LogP contribution in [0.25, 0.3) is 10.9 Å². The van der Waals surface area contributed by atoms with Gasteiger partial charge >= 0.3 is 6.03 Å². The van der Waals surface area contributed by atoms with Gasteiger partial charge in [0.05, 0.1) is 16.7 Å². The molecule has 1 aromatic carbocycles. The minimum absolute atomic E-state index is 0.0148. The maximum absolute atomic E-state index is 12.8. The molecule has 0 aliphatic heterocycles. The average molecular weight is 403 g/mol. The molecular formula is C20H26N4O3S. The van der Waals surface area contributed by atoms with Gasteiger partial charge in [-0.05, 0) is 30.9 Å². The van der Waals surface area contributed by atoms with Gasteiger partial charge in [0, 0.05) is 12.6 Å². The van der Waals surface area contributed by atoms with E-state index in [1.807, 2.05) is 26.0 Å². The van der Waals surface area contributed by atoms with Gasteiger partial charge in [-0.3, -0.25) is 19.5 Å². The first-order valence-corrected chi connectivity index (χ1v) is 10.7. The van der Waals surface area contributed by atoms with E-state index >= 15 is 0 Å². The number of hydrogen-bond acceptors (Lipinski definition) is 5. The topological polar surface area (TPSA) is 93.1 Å². The van der Waals surface area contributed by atoms with E-state index in [4.69, 9.17) is 0 Å². The van der Waals surface area contributed by atoms with Crippen molar-refractivity contribution < 1.29 is 9.59 Å². The number of thioether (sulfide) groups is 1. The largest absolute Gasteiger partial charge is 0.335 e. The van der Waals surface area contributed by atoms with Gasteiger partial charge in [0.2, 0.25) is 5.91 Å². The summed E-state index contributed by atoms with van der Waals surface area (Å²) >= 11 is 1.17. The summed E-state index contributed by atoms with van der Waals surface area (Å²) in [6.45, 7) is 4.56. The zero-order valence-corrected chi connectivity index (χ0v) is 17.1. The van der Waals surface area contributed by atoms with Crippen LogP contribution in [-0.2, 0) is 11.3 Å². The first kappa shape index (κ1) is 20.4. The average Bonchev–Trinajstić information content (AvgIpc) is 3.15. The molecule has 1 saturated carbocycles. The predicted molar refractivity (Wildman–Crippen MR) is 110 cm³/mol. The summed E-state index contributed by atoms with van der Waals surface area (Å²) in [4.78, 5) is 41.5. The minimum atomic E-state index is -0.455. The molecule has 0 unspecified atom stereocenters. The van der Waals surface area contributed by atoms with Crippen LogP contribution in [0.4, 0.5) is 4.79 Å². The van der Waals surface area contributed by atoms with Crippen LogP contribution >= 0.6 is 11.8 Å². The van der Waals surface area contributed by atoms with Crippen molar-refractivity contribution in [3.05, 3.63) is 34.6 Å². The maximum Gasteiger partial charge on any atom is 0.321 e. The van der Waals surface area contributed by atoms with Crippen molar-refractivity contribution in [2.24, 2.45) is 5.92 Å². The fraction of sp³-hybridized carbons (Fsp3) is 0.500. The molecule has 0 radical (unpaired) electrons. The van der Waals surface area contributed by atoms with Crippen LogP contribution in [0.1, 0.15) is 39.5 Å². The number of carbonyl (C=O) groups excluding carboxylic acids is 2. The lowest BCUT2D eigenvalue weighted by Crippen LogP contribution is -2.44. The Labute approximate surface area is 168 Å². The summed E-state index contributed by atoms with van der Waals surface area (Å²) in [6.07, 6.45) is 4.13. The molecule has 2 aromatic rings. The lowest BCUT2D eigenvalue weighted by molar-refractivity contribution is -0.117. The highest BCUT2D eigenvalue weighted by molar-refractivity contribution is 7.99. The zero-order valence-electron chi connectivity index (χ0n) is 16.2. The monoisotopic (exact) mass is 402 g/mol. The Bertz CT molecular complexity index is 919. The first-order chi connectivity index (χ1) is 13.4. The summed E-state index contributed by atoms with van der Waals surface area (Å²) in [5.41, 5.74) is 0.496. The van der Waals surface area contributed by atoms with Crippen LogP contribution in [0.3, 0.4) is 0 Å². The summed E-state index contributed by atoms with van der Waals surface area (Å²) in [5.74, 6) is -0.133. The SMILES string of the molecule is CC(C)Cn1c(SCC(=O)NC(=O)NC2CCCC2)nc2ccccc2c1=O. The van der Waals surface area contributed by atoms with Gasteiger partial charge in [-0.1, -0.05) is 50.6 Å². The van der Waals surface area contributed by atoms with Crippen molar-refractivity contribution >= 4 is 34.6 Å². The van der Waals surface area contributed by atoms with Gasteiger partial charge in [0.15, 0.2) is 5.16 Å². The van der Waals surface area contributed by atoms with Gasteiger partial charge in [-0.15, -0.1) is 0 Å². The third kappa shape index (κ3) is 5.13. The smallest absolute Gasteiger partial charge is 0.321 e. The number of para-hydroxylation sites is 1. The van der Waals surface area contributed by atoms with Crippen molar-refractivity contribution in [3.8, 4) is 0 Å². The maximum atomic E-state index is 12.8. The van der Waals surface area contributed by atoms with Gasteiger partial charge in [-0.25, -0.2) is 9.78 Å². The number of aromatic nitrogens is 2. The zero-order chi connectivity index (χ0) is 20.1. The molecule has 2 N–H and O–H groups in total. The van der Waals surface area contributed by atoms with Gasteiger partial charge in [-0.2, -0.15) is 0 Å². The molecule has 1 aliphatic carbocycles. The lowest BCUT2D eigenvalue weighted by Gasteiger charge is -2.15. The number of carbonyl (C=O) groups is 2. The highest BCUT2D eigenvalue weighted by Crippen LogP contribution is 2.19. The highest BCUT2D eigenvalue weighted by Gasteiger charge is 2.19. The molecule has 1 fully saturated rings. The summed E-state index contributed by atoms with van der Waals surface area (Å²) in [6, 6.07) is 6.89. The number of hydrogen-bond donors (Lipinski definition) is 2. The number of nitrogens with one attached hydrogen (secondary N) is 2. The standard InChI is InChI=1S/C20H26N4O3S/c1-13(2)11-24-18(26)15-9-5-6-10-16(15)22-20(24)28-12-17(25)23-19(27)21-14-7-3-4-8-14/h5-6,9-10,13-14H,3-4,7-8,11-12H2,1-2H3,(H2,21,23,25,27). The minimum Gasteiger partial charge on any atom is -0.335 e. The van der Waals surface area contributed by atoms with Crippen LogP contribution in [0.2, 0.25) is 0 Å². The van der Waals surface area contributed by atoms with E-state index in [0.717, 1.165) is 25.7 Å². The van der Waals surface area contributed by atoms with Crippen molar-refractivity contribution in [1.82, 2.24) is 20.2 Å². The number of nitrogens with zero attached hydrogens (tertiary/aromatic N) is 2. The van der Waals surface area contributed by atoms with E-state index in [1.165, 1.54) is 11.8 Å². The third-order valence-corrected chi connectivity index (χ3v) is 5.63. The Balaban J connectivity index is 1.69. The number of amides is 3. The van der Waals surface area contributed by atoms with Crippen LogP contribution < -0.4 is 16.2 Å². The summed E-state index contributed by atoms with van der Waals surface area (Å²) in [7, 11) is 0. The molecule has 8 heteroatoms. The quantitative estimate of drug-likeness (QED) is 0.572. The number of fused-ring (bicyclic) bond motifs is 1. The molecular weight excluding hydrogens is 376 g/mol. The lowest BCUT2D eigenvalue weighted by atomic mass is 10.2. The molecule has 0 bridgehead atoms. The second kappa shape index (κ2) is 9.23. The normalized spacial score (nSPS) is 14.5. The number of benzene rings is 1. The van der Waals surface area contributed by atoms with Crippen LogP contribution in [-0.4, -0.2) is 33.3 Å². The Hall–Kier alpha value is -2.35. The molecule has 0 saturated heterocycles. The van der Waals surface area contributed by atoms with Crippen molar-refractivity contribution in [1.29, 1.82) is 0 Å². The molecule has 1 aliphatic rings. The molecule has 0 atom stereocenters. The first-order valence-electron chi connectivity index (χ1n) is 9.66. The summed E-state index contributed by atoms with van der Waals surface area (Å²) < 4.78 is 1.61. The fourth-order valence-corrected chi connectivity index (χ4v) is 4.18. The fourth-order valence-electron chi connectivity index (χ4n) is 3.37. The molecule has 1 aromatic heterocycles. The van der Waals surface area contributed by atoms with Gasteiger partial charge in [0.25, 0.3) is 5.56 Å². The van der Waals surface area contributed by atoms with E-state index in [2.05, 4.69) is 15.6 Å². The molecule has 1 heterocycles.